The highest BCUT2D eigenvalue weighted by molar-refractivity contribution is 5.27. The lowest BCUT2D eigenvalue weighted by Gasteiger charge is -2.35. The van der Waals surface area contributed by atoms with E-state index in [9.17, 15) is 35.1 Å². The molecule has 1 aliphatic heterocycles. The van der Waals surface area contributed by atoms with Crippen LogP contribution in [0.5, 0.6) is 0 Å². The lowest BCUT2D eigenvalue weighted by molar-refractivity contribution is -0.138. The second-order valence-electron chi connectivity index (χ2n) is 5.44. The van der Waals surface area contributed by atoms with Gasteiger partial charge in [0.25, 0.3) is 0 Å². The number of alkyl halides is 3. The van der Waals surface area contributed by atoms with E-state index in [-0.39, 0.29) is 13.1 Å². The zero-order chi connectivity index (χ0) is 18.1. The zero-order valence-electron chi connectivity index (χ0n) is 12.3. The van der Waals surface area contributed by atoms with Crippen molar-refractivity contribution in [2.45, 2.75) is 25.1 Å². The van der Waals surface area contributed by atoms with Crippen LogP contribution in [-0.2, 0) is 0 Å². The van der Waals surface area contributed by atoms with Crippen LogP contribution in [0.4, 0.5) is 35.1 Å². The Hall–Kier alpha value is -1.42. The van der Waals surface area contributed by atoms with Crippen LogP contribution in [0.15, 0.2) is 0 Å². The Morgan fingerprint density at radius 2 is 1.29 bits per heavy atom. The highest BCUT2D eigenvalue weighted by Gasteiger charge is 2.36. The van der Waals surface area contributed by atoms with Gasteiger partial charge in [0.2, 0.25) is 5.82 Å². The molecule has 0 radical (unpaired) electrons. The molecule has 1 aromatic carbocycles. The Balaban J connectivity index is 2.46. The minimum atomic E-state index is -4.61. The summed E-state index contributed by atoms with van der Waals surface area (Å²) in [4.78, 5) is 1.29. The summed E-state index contributed by atoms with van der Waals surface area (Å²) in [6.45, 7) is 0.917. The van der Waals surface area contributed by atoms with Crippen LogP contribution in [-0.4, -0.2) is 37.3 Å². The molecule has 2 nitrogen and oxygen atoms in total. The third-order valence-corrected chi connectivity index (χ3v) is 3.87. The molecule has 1 N–H and O–H groups in total. The Kier molecular flexibility index (Phi) is 5.69. The predicted octanol–water partition coefficient (Wildman–Crippen LogP) is 3.67. The molecule has 0 amide bonds. The first-order valence-electron chi connectivity index (χ1n) is 7.16. The van der Waals surface area contributed by atoms with Crippen LogP contribution in [0.1, 0.15) is 24.4 Å². The predicted molar refractivity (Wildman–Crippen MR) is 68.7 cm³/mol. The SMILES string of the molecule is Fc1c(F)c(F)c([C@@H](CCC(F)(F)F)N2CCNCC2)c(F)c1F. The van der Waals surface area contributed by atoms with Crippen LogP contribution < -0.4 is 5.32 Å². The molecule has 1 fully saturated rings. The van der Waals surface area contributed by atoms with Gasteiger partial charge < -0.3 is 5.32 Å². The summed E-state index contributed by atoms with van der Waals surface area (Å²) in [5.41, 5.74) is -1.21. The van der Waals surface area contributed by atoms with E-state index < -0.39 is 59.7 Å². The summed E-state index contributed by atoms with van der Waals surface area (Å²) in [5, 5.41) is 2.89. The Morgan fingerprint density at radius 3 is 1.75 bits per heavy atom. The molecule has 1 aliphatic rings. The second-order valence-corrected chi connectivity index (χ2v) is 5.44. The average molecular weight is 362 g/mol. The van der Waals surface area contributed by atoms with Crippen LogP contribution >= 0.6 is 0 Å². The monoisotopic (exact) mass is 362 g/mol. The second kappa shape index (κ2) is 7.22. The zero-order valence-corrected chi connectivity index (χ0v) is 12.3. The molecular weight excluding hydrogens is 348 g/mol. The molecule has 1 aromatic rings. The molecule has 0 spiro atoms. The fourth-order valence-electron chi connectivity index (χ4n) is 2.72. The molecule has 10 heteroatoms. The van der Waals surface area contributed by atoms with Crippen molar-refractivity contribution >= 4 is 0 Å². The molecular formula is C14H14F8N2. The summed E-state index contributed by atoms with van der Waals surface area (Å²) in [6.07, 6.45) is -6.82. The van der Waals surface area contributed by atoms with Gasteiger partial charge in [-0.15, -0.1) is 0 Å². The highest BCUT2D eigenvalue weighted by atomic mass is 19.4. The van der Waals surface area contributed by atoms with Crippen LogP contribution in [0.25, 0.3) is 0 Å². The fourth-order valence-corrected chi connectivity index (χ4v) is 2.72. The molecule has 1 heterocycles. The van der Waals surface area contributed by atoms with Crippen molar-refractivity contribution in [2.75, 3.05) is 26.2 Å². The van der Waals surface area contributed by atoms with E-state index in [0.29, 0.717) is 13.1 Å². The number of benzene rings is 1. The largest absolute Gasteiger partial charge is 0.389 e. The van der Waals surface area contributed by atoms with Crippen molar-refractivity contribution in [2.24, 2.45) is 0 Å². The first kappa shape index (κ1) is 18.9. The maximum absolute atomic E-state index is 14.0. The minimum absolute atomic E-state index is 0.127. The van der Waals surface area contributed by atoms with Crippen molar-refractivity contribution in [1.29, 1.82) is 0 Å². The van der Waals surface area contributed by atoms with Crippen molar-refractivity contribution in [3.63, 3.8) is 0 Å². The van der Waals surface area contributed by atoms with Crippen molar-refractivity contribution in [1.82, 2.24) is 10.2 Å². The van der Waals surface area contributed by atoms with Crippen LogP contribution in [0.3, 0.4) is 0 Å². The third kappa shape index (κ3) is 3.97. The van der Waals surface area contributed by atoms with Gasteiger partial charge in [-0.3, -0.25) is 4.90 Å². The van der Waals surface area contributed by atoms with E-state index in [4.69, 9.17) is 0 Å². The number of rotatable bonds is 4. The van der Waals surface area contributed by atoms with Gasteiger partial charge in [-0.25, -0.2) is 22.0 Å². The Labute approximate surface area is 132 Å². The summed E-state index contributed by atoms with van der Waals surface area (Å²) < 4.78 is 105. The topological polar surface area (TPSA) is 15.3 Å². The summed E-state index contributed by atoms with van der Waals surface area (Å²) >= 11 is 0. The summed E-state index contributed by atoms with van der Waals surface area (Å²) in [6, 6.07) is -1.56. The van der Waals surface area contributed by atoms with Gasteiger partial charge in [-0.1, -0.05) is 0 Å². The molecule has 24 heavy (non-hydrogen) atoms. The fraction of sp³-hybridized carbons (Fsp3) is 0.571. The van der Waals surface area contributed by atoms with Gasteiger partial charge >= 0.3 is 6.18 Å². The first-order chi connectivity index (χ1) is 11.1. The number of piperazine rings is 1. The van der Waals surface area contributed by atoms with Gasteiger partial charge in [-0.05, 0) is 6.42 Å². The number of halogens is 8. The molecule has 136 valence electrons. The van der Waals surface area contributed by atoms with E-state index in [1.807, 2.05) is 0 Å². The van der Waals surface area contributed by atoms with Crippen molar-refractivity contribution in [3.05, 3.63) is 34.6 Å². The number of hydrogen-bond donors (Lipinski definition) is 1. The van der Waals surface area contributed by atoms with Crippen LogP contribution in [0, 0.1) is 29.1 Å². The van der Waals surface area contributed by atoms with Crippen molar-refractivity contribution in [3.8, 4) is 0 Å². The van der Waals surface area contributed by atoms with E-state index in [1.165, 1.54) is 4.90 Å². The van der Waals surface area contributed by atoms with E-state index in [2.05, 4.69) is 5.32 Å². The van der Waals surface area contributed by atoms with E-state index in [1.54, 1.807) is 0 Å². The maximum Gasteiger partial charge on any atom is 0.389 e. The quantitative estimate of drug-likeness (QED) is 0.500. The van der Waals surface area contributed by atoms with Gasteiger partial charge in [-0.2, -0.15) is 13.2 Å². The molecule has 0 aliphatic carbocycles. The van der Waals surface area contributed by atoms with Crippen LogP contribution in [0.2, 0.25) is 0 Å². The molecule has 1 saturated heterocycles. The third-order valence-electron chi connectivity index (χ3n) is 3.87. The molecule has 0 unspecified atom stereocenters. The molecule has 0 aromatic heterocycles. The molecule has 1 atom stereocenters. The number of nitrogens with one attached hydrogen (secondary N) is 1. The molecule has 0 bridgehead atoms. The van der Waals surface area contributed by atoms with Crippen molar-refractivity contribution < 1.29 is 35.1 Å². The first-order valence-corrected chi connectivity index (χ1v) is 7.16. The molecule has 0 saturated carbocycles. The average Bonchev–Trinajstić information content (AvgIpc) is 2.54. The lowest BCUT2D eigenvalue weighted by Crippen LogP contribution is -2.45. The van der Waals surface area contributed by atoms with E-state index in [0.717, 1.165) is 0 Å². The normalized spacial score (nSPS) is 18.0. The van der Waals surface area contributed by atoms with Gasteiger partial charge in [0, 0.05) is 44.2 Å². The van der Waals surface area contributed by atoms with Gasteiger partial charge in [0.15, 0.2) is 23.3 Å². The Bertz CT molecular complexity index is 566. The standard InChI is InChI=1S/C14H14F8N2/c15-9-8(10(16)12(18)13(19)11(9)17)7(1-2-14(20,21)22)24-5-3-23-4-6-24/h7,23H,1-6H2/t7-/m1/s1. The number of hydrogen-bond acceptors (Lipinski definition) is 2. The smallest absolute Gasteiger partial charge is 0.314 e. The van der Waals surface area contributed by atoms with Gasteiger partial charge in [0.1, 0.15) is 0 Å². The number of nitrogens with zero attached hydrogens (tertiary/aromatic N) is 1. The molecule has 2 rings (SSSR count). The lowest BCUT2D eigenvalue weighted by atomic mass is 9.97. The van der Waals surface area contributed by atoms with Gasteiger partial charge in [0.05, 0.1) is 0 Å². The Morgan fingerprint density at radius 1 is 0.833 bits per heavy atom. The summed E-state index contributed by atoms with van der Waals surface area (Å²) in [5.74, 6) is -10.8. The summed E-state index contributed by atoms with van der Waals surface area (Å²) in [7, 11) is 0. The highest BCUT2D eigenvalue weighted by Crippen LogP contribution is 2.36. The maximum atomic E-state index is 14.0. The van der Waals surface area contributed by atoms with E-state index >= 15 is 0 Å². The minimum Gasteiger partial charge on any atom is -0.314 e.